The second kappa shape index (κ2) is 70.0. The number of amides is 1. The molecule has 9 heteroatoms. The number of hydrogen-bond acceptors (Lipinski definition) is 5. The van der Waals surface area contributed by atoms with Crippen LogP contribution in [0.5, 0.6) is 0 Å². The first kappa shape index (κ1) is 86.7. The van der Waals surface area contributed by atoms with Crippen LogP contribution in [0.1, 0.15) is 367 Å². The van der Waals surface area contributed by atoms with E-state index in [4.69, 9.17) is 9.05 Å². The Morgan fingerprint density at radius 1 is 0.393 bits per heavy atom. The van der Waals surface area contributed by atoms with Gasteiger partial charge in [-0.25, -0.2) is 4.57 Å². The lowest BCUT2D eigenvalue weighted by molar-refractivity contribution is -0.870. The molecule has 0 aliphatic heterocycles. The molecule has 0 heterocycles. The molecule has 3 unspecified atom stereocenters. The van der Waals surface area contributed by atoms with Crippen molar-refractivity contribution in [2.24, 2.45) is 0 Å². The average Bonchev–Trinajstić information content (AvgIpc) is 3.55. The van der Waals surface area contributed by atoms with Gasteiger partial charge in [-0.3, -0.25) is 13.8 Å². The van der Waals surface area contributed by atoms with Crippen molar-refractivity contribution in [1.82, 2.24) is 5.32 Å². The summed E-state index contributed by atoms with van der Waals surface area (Å²) < 4.78 is 23.8. The molecule has 0 spiro atoms. The number of nitrogens with zero attached hydrogens (tertiary/aromatic N) is 1. The zero-order chi connectivity index (χ0) is 64.8. The summed E-state index contributed by atoms with van der Waals surface area (Å²) in [6.45, 7) is 4.72. The molecule has 0 aromatic carbocycles. The molecule has 0 fully saturated rings. The summed E-state index contributed by atoms with van der Waals surface area (Å²) >= 11 is 0. The second-order valence-electron chi connectivity index (χ2n) is 27.3. The summed E-state index contributed by atoms with van der Waals surface area (Å²) in [6, 6.07) is -0.873. The minimum Gasteiger partial charge on any atom is -0.387 e. The minimum atomic E-state index is -4.37. The summed E-state index contributed by atoms with van der Waals surface area (Å²) in [6.07, 6.45) is 101. The minimum absolute atomic E-state index is 0.0532. The topological polar surface area (TPSA) is 105 Å². The van der Waals surface area contributed by atoms with Crippen molar-refractivity contribution in [3.8, 4) is 0 Å². The molecular formula is C80H150N2O6P+. The van der Waals surface area contributed by atoms with Gasteiger partial charge in [-0.2, -0.15) is 0 Å². The van der Waals surface area contributed by atoms with Gasteiger partial charge in [0, 0.05) is 6.42 Å². The SMILES string of the molecule is CC/C=C\C/C=C\C/C=C\C/C=C\CCCCCCCCCCCCCCCCCCCCCCCCCCCCC(=O)NC(COP(=O)(O)OCC[N+](C)(C)C)C(O)/C=C/CC/C=C/CC/C=C/CCCCCCCCCCCCCCCCCCCC. The Kier molecular flexibility index (Phi) is 68.2. The van der Waals surface area contributed by atoms with Crippen LogP contribution in [0.3, 0.4) is 0 Å². The molecule has 3 atom stereocenters. The van der Waals surface area contributed by atoms with E-state index in [0.29, 0.717) is 17.4 Å². The van der Waals surface area contributed by atoms with Crippen molar-refractivity contribution >= 4 is 13.7 Å². The van der Waals surface area contributed by atoms with Crippen LogP contribution < -0.4 is 5.32 Å². The number of hydrogen-bond donors (Lipinski definition) is 3. The zero-order valence-electron chi connectivity index (χ0n) is 59.7. The summed E-state index contributed by atoms with van der Waals surface area (Å²) in [7, 11) is 1.56. The number of likely N-dealkylation sites (N-methyl/N-ethyl adjacent to an activating group) is 1. The highest BCUT2D eigenvalue weighted by atomic mass is 31.2. The van der Waals surface area contributed by atoms with Crippen LogP contribution in [0.4, 0.5) is 0 Å². The van der Waals surface area contributed by atoms with Crippen LogP contribution in [0, 0.1) is 0 Å². The average molecular weight is 1270 g/mol. The molecule has 0 aliphatic rings. The van der Waals surface area contributed by atoms with Crippen LogP contribution in [0.25, 0.3) is 0 Å². The number of unbranched alkanes of at least 4 members (excludes halogenated alkanes) is 46. The summed E-state index contributed by atoms with van der Waals surface area (Å²) in [5.74, 6) is -0.185. The van der Waals surface area contributed by atoms with Crippen LogP contribution in [-0.4, -0.2) is 73.4 Å². The quantitative estimate of drug-likeness (QED) is 0.0243. The fourth-order valence-electron chi connectivity index (χ4n) is 11.4. The molecule has 520 valence electrons. The lowest BCUT2D eigenvalue weighted by Crippen LogP contribution is -2.45. The van der Waals surface area contributed by atoms with Gasteiger partial charge in [0.05, 0.1) is 39.9 Å². The molecule has 8 nitrogen and oxygen atoms in total. The fraction of sp³-hybridized carbons (Fsp3) is 0.812. The van der Waals surface area contributed by atoms with Crippen LogP contribution in [-0.2, 0) is 18.4 Å². The molecule has 89 heavy (non-hydrogen) atoms. The standard InChI is InChI=1S/C80H149N2O6P/c1-6-8-10-12-14-16-18-20-22-24-26-28-30-32-34-36-37-38-39-40-41-42-43-44-45-46-48-50-52-54-56-58-60-62-64-66-68-70-72-74-80(84)81-78(77-88-89(85,86)87-76-75-82(3,4)5)79(83)73-71-69-67-65-63-61-59-57-55-53-51-49-47-35-33-31-29-27-25-23-21-19-17-15-13-11-9-7-2/h8,10,14,16,20,22,26,28,55,57,63,65,71,73,78-79,83H,6-7,9,11-13,15,17-19,21,23-25,27,29-54,56,58-62,64,66-70,72,74-77H2,1-5H3,(H-,81,84,85,86)/p+1/b10-8-,16-14-,22-20-,28-26-,57-55+,65-63+,73-71+. The van der Waals surface area contributed by atoms with E-state index < -0.39 is 20.0 Å². The maximum Gasteiger partial charge on any atom is 0.472 e. The van der Waals surface area contributed by atoms with Gasteiger partial charge in [-0.05, 0) is 83.5 Å². The molecule has 0 rings (SSSR count). The molecule has 0 aliphatic carbocycles. The van der Waals surface area contributed by atoms with Gasteiger partial charge in [0.25, 0.3) is 0 Å². The van der Waals surface area contributed by atoms with E-state index in [0.717, 1.165) is 70.6 Å². The number of carbonyl (C=O) groups is 1. The number of rotatable bonds is 71. The van der Waals surface area contributed by atoms with Crippen molar-refractivity contribution in [2.45, 2.75) is 379 Å². The molecule has 1 amide bonds. The van der Waals surface area contributed by atoms with Gasteiger partial charge in [-0.1, -0.05) is 362 Å². The Balaban J connectivity index is 4.00. The number of allylic oxidation sites excluding steroid dienone is 13. The number of quaternary nitrogens is 1. The van der Waals surface area contributed by atoms with Gasteiger partial charge < -0.3 is 19.8 Å². The molecule has 3 N–H and O–H groups in total. The predicted octanol–water partition coefficient (Wildman–Crippen LogP) is 25.1. The number of nitrogens with one attached hydrogen (secondary N) is 1. The van der Waals surface area contributed by atoms with Gasteiger partial charge in [0.2, 0.25) is 5.91 Å². The summed E-state index contributed by atoms with van der Waals surface area (Å²) in [4.78, 5) is 23.5. The van der Waals surface area contributed by atoms with E-state index in [9.17, 15) is 19.4 Å². The van der Waals surface area contributed by atoms with Crippen molar-refractivity contribution in [2.75, 3.05) is 40.9 Å². The number of phosphoric acid groups is 1. The summed E-state index contributed by atoms with van der Waals surface area (Å²) in [5.41, 5.74) is 0. The van der Waals surface area contributed by atoms with E-state index in [-0.39, 0.29) is 19.1 Å². The molecule has 0 saturated heterocycles. The second-order valence-corrected chi connectivity index (χ2v) is 28.8. The molecule has 0 aromatic heterocycles. The maximum atomic E-state index is 13.1. The van der Waals surface area contributed by atoms with Gasteiger partial charge in [0.15, 0.2) is 0 Å². The van der Waals surface area contributed by atoms with Crippen LogP contribution in [0.15, 0.2) is 85.1 Å². The van der Waals surface area contributed by atoms with Crippen LogP contribution in [0.2, 0.25) is 0 Å². The monoisotopic (exact) mass is 1270 g/mol. The maximum absolute atomic E-state index is 13.1. The number of aliphatic hydroxyl groups excluding tert-OH is 1. The van der Waals surface area contributed by atoms with Crippen molar-refractivity contribution in [3.63, 3.8) is 0 Å². The normalized spacial score (nSPS) is 14.0. The van der Waals surface area contributed by atoms with Crippen molar-refractivity contribution in [3.05, 3.63) is 85.1 Å². The Bertz CT molecular complexity index is 1730. The highest BCUT2D eigenvalue weighted by molar-refractivity contribution is 7.47. The third kappa shape index (κ3) is 73.0. The van der Waals surface area contributed by atoms with E-state index in [2.05, 4.69) is 92.1 Å². The lowest BCUT2D eigenvalue weighted by Gasteiger charge is -2.25. The number of carbonyl (C=O) groups excluding carboxylic acids is 1. The van der Waals surface area contributed by atoms with E-state index >= 15 is 0 Å². The molecule has 0 aromatic rings. The molecule has 0 radical (unpaired) electrons. The fourth-order valence-corrected chi connectivity index (χ4v) is 12.2. The highest BCUT2D eigenvalue weighted by Gasteiger charge is 2.28. The van der Waals surface area contributed by atoms with Crippen molar-refractivity contribution < 1.29 is 32.9 Å². The molecule has 0 bridgehead atoms. The Labute approximate surface area is 554 Å². The van der Waals surface area contributed by atoms with E-state index in [1.165, 1.54) is 276 Å². The highest BCUT2D eigenvalue weighted by Crippen LogP contribution is 2.43. The van der Waals surface area contributed by atoms with Crippen molar-refractivity contribution in [1.29, 1.82) is 0 Å². The van der Waals surface area contributed by atoms with Gasteiger partial charge in [0.1, 0.15) is 13.2 Å². The van der Waals surface area contributed by atoms with Gasteiger partial charge in [-0.15, -0.1) is 0 Å². The third-order valence-electron chi connectivity index (χ3n) is 17.3. The third-order valence-corrected chi connectivity index (χ3v) is 18.3. The van der Waals surface area contributed by atoms with E-state index in [1.807, 2.05) is 27.2 Å². The Morgan fingerprint density at radius 3 is 1.03 bits per heavy atom. The zero-order valence-corrected chi connectivity index (χ0v) is 60.6. The molecular weight excluding hydrogens is 1120 g/mol. The lowest BCUT2D eigenvalue weighted by atomic mass is 10.0. The summed E-state index contributed by atoms with van der Waals surface area (Å²) in [5, 5.41) is 14.0. The number of aliphatic hydroxyl groups is 1. The predicted molar refractivity (Wildman–Crippen MR) is 392 cm³/mol. The van der Waals surface area contributed by atoms with Crippen LogP contribution >= 0.6 is 7.82 Å². The number of phosphoric ester groups is 1. The van der Waals surface area contributed by atoms with Gasteiger partial charge >= 0.3 is 7.82 Å². The Morgan fingerprint density at radius 2 is 0.685 bits per heavy atom. The molecule has 0 saturated carbocycles. The Hall–Kier alpha value is -2.32. The first-order valence-electron chi connectivity index (χ1n) is 38.5. The largest absolute Gasteiger partial charge is 0.472 e. The smallest absolute Gasteiger partial charge is 0.387 e. The van der Waals surface area contributed by atoms with E-state index in [1.54, 1.807) is 6.08 Å². The first-order chi connectivity index (χ1) is 43.5. The first-order valence-corrected chi connectivity index (χ1v) is 40.0.